The first kappa shape index (κ1) is 15.7. The molecule has 6 nitrogen and oxygen atoms in total. The number of hydrogen-bond donors (Lipinski definition) is 2. The molecule has 0 saturated carbocycles. The van der Waals surface area contributed by atoms with Crippen LogP contribution in [0.15, 0.2) is 53.4 Å². The van der Waals surface area contributed by atoms with E-state index in [0.717, 1.165) is 0 Å². The Balaban J connectivity index is 2.17. The van der Waals surface area contributed by atoms with Gasteiger partial charge < -0.3 is 5.32 Å². The van der Waals surface area contributed by atoms with Gasteiger partial charge in [0.05, 0.1) is 16.5 Å². The van der Waals surface area contributed by atoms with Gasteiger partial charge >= 0.3 is 0 Å². The molecule has 1 amide bonds. The van der Waals surface area contributed by atoms with Crippen LogP contribution in [0.1, 0.15) is 15.9 Å². The van der Waals surface area contributed by atoms with Crippen molar-refractivity contribution in [1.82, 2.24) is 4.72 Å². The fourth-order valence-corrected chi connectivity index (χ4v) is 2.50. The molecule has 0 spiro atoms. The molecule has 0 heterocycles. The summed E-state index contributed by atoms with van der Waals surface area (Å²) in [5.74, 6) is -0.374. The zero-order valence-electron chi connectivity index (χ0n) is 11.7. The van der Waals surface area contributed by atoms with Gasteiger partial charge in [-0.1, -0.05) is 6.07 Å². The normalized spacial score (nSPS) is 10.7. The van der Waals surface area contributed by atoms with Gasteiger partial charge in [-0.05, 0) is 49.5 Å². The van der Waals surface area contributed by atoms with Crippen LogP contribution >= 0.6 is 0 Å². The van der Waals surface area contributed by atoms with Gasteiger partial charge in [-0.3, -0.25) is 4.79 Å². The van der Waals surface area contributed by atoms with Crippen molar-refractivity contribution in [3.63, 3.8) is 0 Å². The predicted octanol–water partition coefficient (Wildman–Crippen LogP) is 1.72. The van der Waals surface area contributed by atoms with E-state index in [1.54, 1.807) is 18.2 Å². The van der Waals surface area contributed by atoms with Crippen molar-refractivity contribution in [3.8, 4) is 6.07 Å². The van der Waals surface area contributed by atoms with Gasteiger partial charge in [0.15, 0.2) is 0 Å². The highest BCUT2D eigenvalue weighted by molar-refractivity contribution is 7.89. The van der Waals surface area contributed by atoms with Gasteiger partial charge in [0.1, 0.15) is 0 Å². The van der Waals surface area contributed by atoms with E-state index in [1.165, 1.54) is 37.4 Å². The summed E-state index contributed by atoms with van der Waals surface area (Å²) in [6.45, 7) is 0. The molecule has 0 radical (unpaired) electrons. The summed E-state index contributed by atoms with van der Waals surface area (Å²) in [5, 5.41) is 11.5. The van der Waals surface area contributed by atoms with E-state index in [9.17, 15) is 13.2 Å². The third-order valence-corrected chi connectivity index (χ3v) is 4.38. The number of amides is 1. The Morgan fingerprint density at radius 3 is 2.41 bits per heavy atom. The van der Waals surface area contributed by atoms with Crippen LogP contribution in [0.25, 0.3) is 0 Å². The number of nitrogens with zero attached hydrogens (tertiary/aromatic N) is 1. The predicted molar refractivity (Wildman–Crippen MR) is 81.8 cm³/mol. The van der Waals surface area contributed by atoms with Crippen molar-refractivity contribution in [1.29, 1.82) is 5.26 Å². The Morgan fingerprint density at radius 2 is 1.82 bits per heavy atom. The first-order valence-electron chi connectivity index (χ1n) is 6.31. The van der Waals surface area contributed by atoms with Crippen molar-refractivity contribution in [2.24, 2.45) is 0 Å². The van der Waals surface area contributed by atoms with Crippen LogP contribution in [0.3, 0.4) is 0 Å². The van der Waals surface area contributed by atoms with Crippen molar-refractivity contribution >= 4 is 21.6 Å². The van der Waals surface area contributed by atoms with Crippen molar-refractivity contribution in [2.45, 2.75) is 4.90 Å². The minimum absolute atomic E-state index is 0.111. The Bertz CT molecular complexity index is 837. The summed E-state index contributed by atoms with van der Waals surface area (Å²) in [6, 6.07) is 14.0. The fourth-order valence-electron chi connectivity index (χ4n) is 1.77. The lowest BCUT2D eigenvalue weighted by molar-refractivity contribution is 0.102. The van der Waals surface area contributed by atoms with Crippen LogP contribution < -0.4 is 10.0 Å². The van der Waals surface area contributed by atoms with E-state index in [1.807, 2.05) is 6.07 Å². The van der Waals surface area contributed by atoms with E-state index >= 15 is 0 Å². The second-order valence-electron chi connectivity index (χ2n) is 4.38. The number of rotatable bonds is 4. The van der Waals surface area contributed by atoms with Gasteiger partial charge in [0.2, 0.25) is 10.0 Å². The number of hydrogen-bond acceptors (Lipinski definition) is 4. The van der Waals surface area contributed by atoms with E-state index < -0.39 is 10.0 Å². The summed E-state index contributed by atoms with van der Waals surface area (Å²) in [5.41, 5.74) is 1.21. The highest BCUT2D eigenvalue weighted by atomic mass is 32.2. The molecule has 0 aliphatic heterocycles. The molecule has 0 aliphatic rings. The highest BCUT2D eigenvalue weighted by Crippen LogP contribution is 2.15. The minimum Gasteiger partial charge on any atom is -0.322 e. The number of sulfonamides is 1. The highest BCUT2D eigenvalue weighted by Gasteiger charge is 2.11. The summed E-state index contributed by atoms with van der Waals surface area (Å²) < 4.78 is 25.4. The van der Waals surface area contributed by atoms with Crippen LogP contribution in [-0.2, 0) is 10.0 Å². The Hall–Kier alpha value is -2.69. The molecule has 22 heavy (non-hydrogen) atoms. The molecular weight excluding hydrogens is 302 g/mol. The van der Waals surface area contributed by atoms with Crippen LogP contribution in [-0.4, -0.2) is 21.4 Å². The molecule has 0 aliphatic carbocycles. The van der Waals surface area contributed by atoms with Crippen LogP contribution in [0.5, 0.6) is 0 Å². The van der Waals surface area contributed by atoms with Gasteiger partial charge in [-0.2, -0.15) is 5.26 Å². The Morgan fingerprint density at radius 1 is 1.14 bits per heavy atom. The van der Waals surface area contributed by atoms with E-state index in [0.29, 0.717) is 16.8 Å². The summed E-state index contributed by atoms with van der Waals surface area (Å²) in [6.07, 6.45) is 0. The molecular formula is C15H13N3O3S. The molecule has 2 aromatic rings. The average molecular weight is 315 g/mol. The van der Waals surface area contributed by atoms with Gasteiger partial charge in [-0.15, -0.1) is 0 Å². The molecule has 2 rings (SSSR count). The molecule has 2 N–H and O–H groups in total. The molecule has 0 bridgehead atoms. The summed E-state index contributed by atoms with van der Waals surface area (Å²) >= 11 is 0. The molecule has 2 aromatic carbocycles. The zero-order valence-corrected chi connectivity index (χ0v) is 12.5. The molecule has 7 heteroatoms. The Labute approximate surface area is 128 Å². The number of benzene rings is 2. The molecule has 0 fully saturated rings. The van der Waals surface area contributed by atoms with Crippen molar-refractivity contribution < 1.29 is 13.2 Å². The maximum Gasteiger partial charge on any atom is 0.255 e. The topological polar surface area (TPSA) is 99.1 Å². The largest absolute Gasteiger partial charge is 0.322 e. The van der Waals surface area contributed by atoms with Crippen LogP contribution in [0, 0.1) is 11.3 Å². The molecule has 0 atom stereocenters. The second-order valence-corrected chi connectivity index (χ2v) is 6.27. The maximum atomic E-state index is 12.1. The van der Waals surface area contributed by atoms with Crippen LogP contribution in [0.4, 0.5) is 5.69 Å². The first-order valence-corrected chi connectivity index (χ1v) is 7.80. The van der Waals surface area contributed by atoms with Gasteiger partial charge in [0, 0.05) is 11.3 Å². The third-order valence-electron chi connectivity index (χ3n) is 2.95. The smallest absolute Gasteiger partial charge is 0.255 e. The van der Waals surface area contributed by atoms with E-state index in [4.69, 9.17) is 5.26 Å². The lowest BCUT2D eigenvalue weighted by atomic mass is 10.1. The summed E-state index contributed by atoms with van der Waals surface area (Å²) in [7, 11) is -2.18. The number of carbonyl (C=O) groups excluding carboxylic acids is 1. The quantitative estimate of drug-likeness (QED) is 0.897. The van der Waals surface area contributed by atoms with Crippen LogP contribution in [0.2, 0.25) is 0 Å². The third kappa shape index (κ3) is 3.49. The fraction of sp³-hybridized carbons (Fsp3) is 0.0667. The minimum atomic E-state index is -3.50. The lowest BCUT2D eigenvalue weighted by Gasteiger charge is -2.07. The lowest BCUT2D eigenvalue weighted by Crippen LogP contribution is -2.18. The van der Waals surface area contributed by atoms with Crippen molar-refractivity contribution in [2.75, 3.05) is 12.4 Å². The summed E-state index contributed by atoms with van der Waals surface area (Å²) in [4.78, 5) is 12.2. The van der Waals surface area contributed by atoms with Gasteiger partial charge in [0.25, 0.3) is 5.91 Å². The maximum absolute atomic E-state index is 12.1. The molecule has 0 unspecified atom stereocenters. The van der Waals surface area contributed by atoms with Gasteiger partial charge in [-0.25, -0.2) is 13.1 Å². The van der Waals surface area contributed by atoms with E-state index in [2.05, 4.69) is 10.0 Å². The number of nitriles is 1. The van der Waals surface area contributed by atoms with E-state index in [-0.39, 0.29) is 10.8 Å². The molecule has 0 aromatic heterocycles. The standard InChI is InChI=1S/C15H13N3O3S/c1-17-22(20,21)14-7-5-13(6-8-14)18-15(19)12-4-2-3-11(9-12)10-16/h2-9,17H,1H3,(H,18,19). The second kappa shape index (κ2) is 6.39. The molecule has 112 valence electrons. The van der Waals surface area contributed by atoms with Crippen molar-refractivity contribution in [3.05, 3.63) is 59.7 Å². The number of nitrogens with one attached hydrogen (secondary N) is 2. The zero-order chi connectivity index (χ0) is 16.2. The average Bonchev–Trinajstić information content (AvgIpc) is 2.55. The number of anilines is 1. The molecule has 0 saturated heterocycles. The first-order chi connectivity index (χ1) is 10.5. The SMILES string of the molecule is CNS(=O)(=O)c1ccc(NC(=O)c2cccc(C#N)c2)cc1. The monoisotopic (exact) mass is 315 g/mol. The number of carbonyl (C=O) groups is 1. The Kier molecular flexibility index (Phi) is 4.56.